The molecule has 0 heterocycles. The van der Waals surface area contributed by atoms with Crippen LogP contribution >= 0.6 is 0 Å². The van der Waals surface area contributed by atoms with E-state index < -0.39 is 6.10 Å². The van der Waals surface area contributed by atoms with Crippen molar-refractivity contribution in [3.63, 3.8) is 0 Å². The van der Waals surface area contributed by atoms with Crippen molar-refractivity contribution < 1.29 is 19.0 Å². The average molecular weight is 393 g/mol. The van der Waals surface area contributed by atoms with Crippen molar-refractivity contribution in [2.75, 3.05) is 13.2 Å². The van der Waals surface area contributed by atoms with Gasteiger partial charge in [-0.3, -0.25) is 4.79 Å². The molecule has 5 heteroatoms. The second kappa shape index (κ2) is 9.82. The van der Waals surface area contributed by atoms with E-state index in [0.29, 0.717) is 37.0 Å². The summed E-state index contributed by atoms with van der Waals surface area (Å²) in [6, 6.07) is 19.5. The first-order chi connectivity index (χ1) is 14.1. The third kappa shape index (κ3) is 5.41. The van der Waals surface area contributed by atoms with E-state index in [-0.39, 0.29) is 5.91 Å². The fourth-order valence-electron chi connectivity index (χ4n) is 3.04. The van der Waals surface area contributed by atoms with Gasteiger partial charge < -0.3 is 19.5 Å². The van der Waals surface area contributed by atoms with Crippen LogP contribution in [0, 0.1) is 0 Å². The molecule has 1 amide bonds. The number of fused-ring (bicyclic) bond motifs is 1. The summed E-state index contributed by atoms with van der Waals surface area (Å²) in [6.45, 7) is 7.11. The number of carbonyl (C=O) groups excluding carboxylic acids is 1. The highest BCUT2D eigenvalue weighted by Crippen LogP contribution is 2.28. The molecule has 0 aliphatic carbocycles. The van der Waals surface area contributed by atoms with Crippen LogP contribution in [0.2, 0.25) is 0 Å². The predicted octanol–water partition coefficient (Wildman–Crippen LogP) is 4.72. The Balaban J connectivity index is 1.59. The highest BCUT2D eigenvalue weighted by Gasteiger charge is 2.15. The topological polar surface area (TPSA) is 56.8 Å². The van der Waals surface area contributed by atoms with Crippen molar-refractivity contribution in [2.24, 2.45) is 0 Å². The van der Waals surface area contributed by atoms with Gasteiger partial charge in [0.05, 0.1) is 13.2 Å². The minimum absolute atomic E-state index is 0.176. The number of hydrogen-bond donors (Lipinski definition) is 1. The van der Waals surface area contributed by atoms with Crippen LogP contribution in [0.3, 0.4) is 0 Å². The average Bonchev–Trinajstić information content (AvgIpc) is 2.73. The second-order valence-electron chi connectivity index (χ2n) is 6.63. The smallest absolute Gasteiger partial charge is 0.261 e. The molecule has 1 N–H and O–H groups in total. The fourth-order valence-corrected chi connectivity index (χ4v) is 3.04. The Morgan fingerprint density at radius 1 is 0.897 bits per heavy atom. The van der Waals surface area contributed by atoms with Gasteiger partial charge in [-0.25, -0.2) is 0 Å². The van der Waals surface area contributed by atoms with E-state index in [1.807, 2.05) is 74.5 Å². The van der Waals surface area contributed by atoms with Gasteiger partial charge in [-0.2, -0.15) is 0 Å². The van der Waals surface area contributed by atoms with Gasteiger partial charge in [0.2, 0.25) is 0 Å². The van der Waals surface area contributed by atoms with Crippen LogP contribution < -0.4 is 19.5 Å². The van der Waals surface area contributed by atoms with Crippen LogP contribution in [0.5, 0.6) is 17.2 Å². The minimum Gasteiger partial charge on any atom is -0.490 e. The normalized spacial score (nSPS) is 11.7. The SMILES string of the molecule is CCOc1ccc(CNC(=O)C(C)Oc2ccc3ccccc3c2)cc1OCC. The van der Waals surface area contributed by atoms with E-state index in [0.717, 1.165) is 16.3 Å². The highest BCUT2D eigenvalue weighted by molar-refractivity contribution is 5.84. The zero-order valence-corrected chi connectivity index (χ0v) is 17.1. The third-order valence-corrected chi connectivity index (χ3v) is 4.48. The van der Waals surface area contributed by atoms with Gasteiger partial charge in [0.15, 0.2) is 17.6 Å². The molecule has 0 bridgehead atoms. The van der Waals surface area contributed by atoms with Gasteiger partial charge in [0, 0.05) is 6.54 Å². The molecule has 0 saturated heterocycles. The molecule has 0 spiro atoms. The van der Waals surface area contributed by atoms with Crippen LogP contribution in [-0.2, 0) is 11.3 Å². The molecule has 0 radical (unpaired) electrons. The molecular formula is C24H27NO4. The first-order valence-corrected chi connectivity index (χ1v) is 9.92. The van der Waals surface area contributed by atoms with Crippen LogP contribution in [-0.4, -0.2) is 25.2 Å². The standard InChI is InChI=1S/C24H27NO4/c1-4-27-22-13-10-18(14-23(22)28-5-2)16-25-24(26)17(3)29-21-12-11-19-8-6-7-9-20(19)15-21/h6-15,17H,4-5,16H2,1-3H3,(H,25,26). The summed E-state index contributed by atoms with van der Waals surface area (Å²) in [5.41, 5.74) is 0.933. The van der Waals surface area contributed by atoms with E-state index in [4.69, 9.17) is 14.2 Å². The molecule has 0 saturated carbocycles. The molecule has 1 unspecified atom stereocenters. The molecular weight excluding hydrogens is 366 g/mol. The molecule has 29 heavy (non-hydrogen) atoms. The molecule has 3 rings (SSSR count). The van der Waals surface area contributed by atoms with Crippen molar-refractivity contribution in [1.29, 1.82) is 0 Å². The number of rotatable bonds is 9. The number of carbonyl (C=O) groups is 1. The van der Waals surface area contributed by atoms with Crippen molar-refractivity contribution in [3.8, 4) is 17.2 Å². The number of ether oxygens (including phenoxy) is 3. The van der Waals surface area contributed by atoms with Crippen molar-refractivity contribution >= 4 is 16.7 Å². The van der Waals surface area contributed by atoms with Gasteiger partial charge in [0.25, 0.3) is 5.91 Å². The summed E-state index contributed by atoms with van der Waals surface area (Å²) in [5.74, 6) is 1.88. The Morgan fingerprint density at radius 2 is 1.62 bits per heavy atom. The van der Waals surface area contributed by atoms with Crippen LogP contribution in [0.25, 0.3) is 10.8 Å². The Hall–Kier alpha value is -3.21. The molecule has 0 aromatic heterocycles. The summed E-state index contributed by atoms with van der Waals surface area (Å²) >= 11 is 0. The van der Waals surface area contributed by atoms with Crippen molar-refractivity contribution in [1.82, 2.24) is 5.32 Å². The zero-order chi connectivity index (χ0) is 20.6. The van der Waals surface area contributed by atoms with Crippen LogP contribution in [0.4, 0.5) is 0 Å². The Bertz CT molecular complexity index is 970. The third-order valence-electron chi connectivity index (χ3n) is 4.48. The summed E-state index contributed by atoms with van der Waals surface area (Å²) in [7, 11) is 0. The molecule has 152 valence electrons. The molecule has 0 aliphatic rings. The number of nitrogens with one attached hydrogen (secondary N) is 1. The maximum atomic E-state index is 12.5. The lowest BCUT2D eigenvalue weighted by Gasteiger charge is -2.16. The Morgan fingerprint density at radius 3 is 2.38 bits per heavy atom. The first-order valence-electron chi connectivity index (χ1n) is 9.92. The number of benzene rings is 3. The van der Waals surface area contributed by atoms with Crippen LogP contribution in [0.15, 0.2) is 60.7 Å². The zero-order valence-electron chi connectivity index (χ0n) is 17.1. The van der Waals surface area contributed by atoms with E-state index in [1.54, 1.807) is 6.92 Å². The molecule has 0 fully saturated rings. The lowest BCUT2D eigenvalue weighted by molar-refractivity contribution is -0.127. The predicted molar refractivity (Wildman–Crippen MR) is 115 cm³/mol. The molecule has 0 aliphatic heterocycles. The first kappa shape index (κ1) is 20.5. The Kier molecular flexibility index (Phi) is 6.95. The van der Waals surface area contributed by atoms with Gasteiger partial charge in [0.1, 0.15) is 5.75 Å². The van der Waals surface area contributed by atoms with E-state index >= 15 is 0 Å². The lowest BCUT2D eigenvalue weighted by Crippen LogP contribution is -2.35. The Labute approximate surface area is 171 Å². The highest BCUT2D eigenvalue weighted by atomic mass is 16.5. The largest absolute Gasteiger partial charge is 0.490 e. The second-order valence-corrected chi connectivity index (χ2v) is 6.63. The lowest BCUT2D eigenvalue weighted by atomic mass is 10.1. The minimum atomic E-state index is -0.606. The summed E-state index contributed by atoms with van der Waals surface area (Å²) in [5, 5.41) is 5.13. The molecule has 3 aromatic carbocycles. The van der Waals surface area contributed by atoms with Gasteiger partial charge in [-0.05, 0) is 61.4 Å². The van der Waals surface area contributed by atoms with Gasteiger partial charge >= 0.3 is 0 Å². The van der Waals surface area contributed by atoms with Gasteiger partial charge in [-0.15, -0.1) is 0 Å². The van der Waals surface area contributed by atoms with E-state index in [2.05, 4.69) is 5.32 Å². The number of hydrogen-bond acceptors (Lipinski definition) is 4. The molecule has 1 atom stereocenters. The maximum absolute atomic E-state index is 12.5. The van der Waals surface area contributed by atoms with E-state index in [9.17, 15) is 4.79 Å². The maximum Gasteiger partial charge on any atom is 0.261 e. The monoisotopic (exact) mass is 393 g/mol. The molecule has 5 nitrogen and oxygen atoms in total. The van der Waals surface area contributed by atoms with Crippen molar-refractivity contribution in [3.05, 3.63) is 66.2 Å². The quantitative estimate of drug-likeness (QED) is 0.571. The summed E-state index contributed by atoms with van der Waals surface area (Å²) in [6.07, 6.45) is -0.606. The van der Waals surface area contributed by atoms with Crippen LogP contribution in [0.1, 0.15) is 26.3 Å². The summed E-state index contributed by atoms with van der Waals surface area (Å²) in [4.78, 5) is 12.5. The number of amides is 1. The van der Waals surface area contributed by atoms with Gasteiger partial charge in [-0.1, -0.05) is 36.4 Å². The molecule has 3 aromatic rings. The van der Waals surface area contributed by atoms with E-state index in [1.165, 1.54) is 0 Å². The summed E-state index contributed by atoms with van der Waals surface area (Å²) < 4.78 is 17.0. The fraction of sp³-hybridized carbons (Fsp3) is 0.292. The van der Waals surface area contributed by atoms with Crippen molar-refractivity contribution in [2.45, 2.75) is 33.4 Å².